The molecule has 144 valence electrons. The van der Waals surface area contributed by atoms with Gasteiger partial charge in [-0.15, -0.1) is 0 Å². The van der Waals surface area contributed by atoms with E-state index in [1.54, 1.807) is 6.20 Å². The van der Waals surface area contributed by atoms with Crippen LogP contribution >= 0.6 is 0 Å². The molecule has 2 aromatic carbocycles. The van der Waals surface area contributed by atoms with Gasteiger partial charge in [0.15, 0.2) is 5.65 Å². The normalized spacial score (nSPS) is 11.3. The fraction of sp³-hybridized carbons (Fsp3) is 0. The van der Waals surface area contributed by atoms with E-state index in [0.29, 0.717) is 17.4 Å². The second-order valence-electron chi connectivity index (χ2n) is 7.02. The SMILES string of the molecule is c1ccc2c(Nc3nc(Nc4c[nH]c5ccccc45)c4cccnc4n3)c[nH]c2c1. The number of nitrogens with one attached hydrogen (secondary N) is 4. The molecule has 0 bridgehead atoms. The third kappa shape index (κ3) is 2.72. The standard InChI is InChI=1S/C23H17N7/c1-3-9-17-14(6-1)19(12-25-17)27-22-16-8-5-11-24-21(16)29-23(30-22)28-20-13-26-18-10-4-2-7-15(18)20/h1-13,25-26H,(H2,24,27,28,29,30). The van der Waals surface area contributed by atoms with Crippen molar-refractivity contribution in [3.8, 4) is 0 Å². The quantitative estimate of drug-likeness (QED) is 0.319. The van der Waals surface area contributed by atoms with E-state index in [1.807, 2.05) is 60.9 Å². The lowest BCUT2D eigenvalue weighted by molar-refractivity contribution is 1.18. The number of anilines is 4. The molecule has 0 atom stereocenters. The first-order chi connectivity index (χ1) is 14.8. The van der Waals surface area contributed by atoms with Crippen molar-refractivity contribution in [1.29, 1.82) is 0 Å². The third-order valence-electron chi connectivity index (χ3n) is 5.15. The van der Waals surface area contributed by atoms with Crippen LogP contribution in [-0.4, -0.2) is 24.9 Å². The first-order valence-corrected chi connectivity index (χ1v) is 9.64. The molecule has 0 unspecified atom stereocenters. The van der Waals surface area contributed by atoms with Gasteiger partial charge in [0.25, 0.3) is 0 Å². The van der Waals surface area contributed by atoms with Crippen molar-refractivity contribution < 1.29 is 0 Å². The molecule has 0 saturated carbocycles. The topological polar surface area (TPSA) is 94.3 Å². The van der Waals surface area contributed by atoms with Crippen molar-refractivity contribution in [3.05, 3.63) is 79.3 Å². The molecule has 6 rings (SSSR count). The van der Waals surface area contributed by atoms with Gasteiger partial charge < -0.3 is 20.6 Å². The zero-order valence-electron chi connectivity index (χ0n) is 15.8. The van der Waals surface area contributed by atoms with E-state index in [9.17, 15) is 0 Å². The van der Waals surface area contributed by atoms with Crippen molar-refractivity contribution in [2.24, 2.45) is 0 Å². The Bertz CT molecular complexity index is 1510. The molecule has 0 aliphatic heterocycles. The number of nitrogens with zero attached hydrogens (tertiary/aromatic N) is 3. The molecule has 0 radical (unpaired) electrons. The van der Waals surface area contributed by atoms with E-state index in [2.05, 4.69) is 42.7 Å². The second kappa shape index (κ2) is 6.59. The Morgan fingerprint density at radius 2 is 1.27 bits per heavy atom. The second-order valence-corrected chi connectivity index (χ2v) is 7.02. The fourth-order valence-electron chi connectivity index (χ4n) is 3.71. The molecule has 7 nitrogen and oxygen atoms in total. The molecule has 0 spiro atoms. The highest BCUT2D eigenvalue weighted by molar-refractivity contribution is 5.98. The Morgan fingerprint density at radius 1 is 0.633 bits per heavy atom. The van der Waals surface area contributed by atoms with Gasteiger partial charge in [-0.3, -0.25) is 0 Å². The Balaban J connectivity index is 1.45. The third-order valence-corrected chi connectivity index (χ3v) is 5.15. The van der Waals surface area contributed by atoms with Crippen LogP contribution in [0, 0.1) is 0 Å². The molecule has 6 aromatic rings. The van der Waals surface area contributed by atoms with Gasteiger partial charge in [-0.05, 0) is 24.3 Å². The highest BCUT2D eigenvalue weighted by Crippen LogP contribution is 2.30. The highest BCUT2D eigenvalue weighted by Gasteiger charge is 2.12. The number of pyridine rings is 1. The zero-order chi connectivity index (χ0) is 19.9. The van der Waals surface area contributed by atoms with Crippen LogP contribution in [0.25, 0.3) is 32.8 Å². The van der Waals surface area contributed by atoms with E-state index >= 15 is 0 Å². The molecular weight excluding hydrogens is 374 g/mol. The molecule has 7 heteroatoms. The summed E-state index contributed by atoms with van der Waals surface area (Å²) >= 11 is 0. The number of benzene rings is 2. The molecule has 30 heavy (non-hydrogen) atoms. The lowest BCUT2D eigenvalue weighted by Gasteiger charge is -2.10. The number of rotatable bonds is 4. The average Bonchev–Trinajstić information content (AvgIpc) is 3.38. The number of aromatic amines is 2. The van der Waals surface area contributed by atoms with E-state index in [-0.39, 0.29) is 0 Å². The van der Waals surface area contributed by atoms with E-state index in [0.717, 1.165) is 38.6 Å². The predicted octanol–water partition coefficient (Wildman–Crippen LogP) is 5.47. The number of hydrogen-bond acceptors (Lipinski definition) is 5. The first-order valence-electron chi connectivity index (χ1n) is 9.64. The van der Waals surface area contributed by atoms with Crippen LogP contribution in [0.4, 0.5) is 23.1 Å². The summed E-state index contributed by atoms with van der Waals surface area (Å²) in [6, 6.07) is 20.1. The smallest absolute Gasteiger partial charge is 0.231 e. The maximum Gasteiger partial charge on any atom is 0.231 e. The summed E-state index contributed by atoms with van der Waals surface area (Å²) < 4.78 is 0. The predicted molar refractivity (Wildman–Crippen MR) is 120 cm³/mol. The maximum atomic E-state index is 4.76. The molecule has 4 N–H and O–H groups in total. The van der Waals surface area contributed by atoms with Crippen LogP contribution < -0.4 is 10.6 Å². The number of para-hydroxylation sites is 2. The summed E-state index contributed by atoms with van der Waals surface area (Å²) in [5.41, 5.74) is 4.60. The highest BCUT2D eigenvalue weighted by atomic mass is 15.2. The van der Waals surface area contributed by atoms with Crippen molar-refractivity contribution in [2.45, 2.75) is 0 Å². The summed E-state index contributed by atoms with van der Waals surface area (Å²) in [4.78, 5) is 20.4. The van der Waals surface area contributed by atoms with E-state index < -0.39 is 0 Å². The van der Waals surface area contributed by atoms with Gasteiger partial charge in [0.2, 0.25) is 5.95 Å². The van der Waals surface area contributed by atoms with Crippen LogP contribution in [0.5, 0.6) is 0 Å². The van der Waals surface area contributed by atoms with Gasteiger partial charge in [0, 0.05) is 40.4 Å². The number of hydrogen-bond donors (Lipinski definition) is 4. The Morgan fingerprint density at radius 3 is 2.00 bits per heavy atom. The minimum atomic E-state index is 0.480. The zero-order valence-corrected chi connectivity index (χ0v) is 15.8. The summed E-state index contributed by atoms with van der Waals surface area (Å²) in [5, 5.41) is 9.82. The van der Waals surface area contributed by atoms with E-state index in [1.165, 1.54) is 0 Å². The van der Waals surface area contributed by atoms with Gasteiger partial charge in [0.05, 0.1) is 16.8 Å². The summed E-state index contributed by atoms with van der Waals surface area (Å²) in [6.45, 7) is 0. The van der Waals surface area contributed by atoms with Crippen molar-refractivity contribution >= 4 is 56.0 Å². The minimum absolute atomic E-state index is 0.480. The maximum absolute atomic E-state index is 4.76. The molecule has 0 fully saturated rings. The Kier molecular flexibility index (Phi) is 3.64. The van der Waals surface area contributed by atoms with E-state index in [4.69, 9.17) is 4.98 Å². The van der Waals surface area contributed by atoms with Gasteiger partial charge in [-0.1, -0.05) is 36.4 Å². The summed E-state index contributed by atoms with van der Waals surface area (Å²) in [6.07, 6.45) is 5.60. The van der Waals surface area contributed by atoms with Gasteiger partial charge in [-0.25, -0.2) is 4.98 Å². The minimum Gasteiger partial charge on any atom is -0.359 e. The number of H-pyrrole nitrogens is 2. The van der Waals surface area contributed by atoms with Crippen molar-refractivity contribution in [2.75, 3.05) is 10.6 Å². The first kappa shape index (κ1) is 16.6. The van der Waals surface area contributed by atoms with Gasteiger partial charge in [-0.2, -0.15) is 9.97 Å². The number of fused-ring (bicyclic) bond motifs is 3. The van der Waals surface area contributed by atoms with Crippen LogP contribution in [-0.2, 0) is 0 Å². The fourth-order valence-corrected chi connectivity index (χ4v) is 3.71. The molecule has 4 heterocycles. The lowest BCUT2D eigenvalue weighted by atomic mass is 10.2. The molecule has 0 aliphatic rings. The number of aromatic nitrogens is 5. The molecule has 0 saturated heterocycles. The summed E-state index contributed by atoms with van der Waals surface area (Å²) in [5.74, 6) is 1.17. The largest absolute Gasteiger partial charge is 0.359 e. The van der Waals surface area contributed by atoms with Gasteiger partial charge >= 0.3 is 0 Å². The van der Waals surface area contributed by atoms with Crippen LogP contribution in [0.3, 0.4) is 0 Å². The Labute approximate surface area is 171 Å². The Hall–Kier alpha value is -4.39. The summed E-state index contributed by atoms with van der Waals surface area (Å²) in [7, 11) is 0. The van der Waals surface area contributed by atoms with Crippen LogP contribution in [0.2, 0.25) is 0 Å². The van der Waals surface area contributed by atoms with Crippen molar-refractivity contribution in [1.82, 2.24) is 24.9 Å². The monoisotopic (exact) mass is 391 g/mol. The average molecular weight is 391 g/mol. The van der Waals surface area contributed by atoms with Crippen LogP contribution in [0.1, 0.15) is 0 Å². The molecule has 0 aliphatic carbocycles. The lowest BCUT2D eigenvalue weighted by Crippen LogP contribution is -2.02. The van der Waals surface area contributed by atoms with Gasteiger partial charge in [0.1, 0.15) is 5.82 Å². The van der Waals surface area contributed by atoms with Crippen molar-refractivity contribution in [3.63, 3.8) is 0 Å². The molecular formula is C23H17N7. The van der Waals surface area contributed by atoms with Crippen LogP contribution in [0.15, 0.2) is 79.3 Å². The molecule has 0 amide bonds. The molecule has 4 aromatic heterocycles.